The number of fused-ring (bicyclic) bond motifs is 1. The summed E-state index contributed by atoms with van der Waals surface area (Å²) in [6.45, 7) is 5.04. The Bertz CT molecular complexity index is 674. The van der Waals surface area contributed by atoms with Crippen LogP contribution in [-0.4, -0.2) is 44.2 Å². The fraction of sp³-hybridized carbons (Fsp3) is 0.714. The van der Waals surface area contributed by atoms with Crippen LogP contribution in [0, 0.1) is 5.41 Å². The van der Waals surface area contributed by atoms with Gasteiger partial charge in [0.05, 0.1) is 12.8 Å². The van der Waals surface area contributed by atoms with E-state index in [1.165, 1.54) is 57.3 Å². The normalized spacial score (nSPS) is 40.2. The third-order valence-electron chi connectivity index (χ3n) is 8.12. The molecule has 0 radical (unpaired) electrons. The number of likely N-dealkylation sites (N-methyl/N-ethyl adjacent to an activating group) is 1. The Balaban J connectivity index is 1.75. The fourth-order valence-electron chi connectivity index (χ4n) is 7.29. The highest BCUT2D eigenvalue weighted by Crippen LogP contribution is 2.66. The highest BCUT2D eigenvalue weighted by atomic mass is 16.5. The Kier molecular flexibility index (Phi) is 3.08. The van der Waals surface area contributed by atoms with E-state index in [9.17, 15) is 0 Å². The number of para-hydroxylation sites is 1. The van der Waals surface area contributed by atoms with Crippen molar-refractivity contribution in [2.75, 3.05) is 32.1 Å². The summed E-state index contributed by atoms with van der Waals surface area (Å²) in [7, 11) is 4.13. The molecule has 0 N–H and O–H groups in total. The molecule has 0 unspecified atom stereocenters. The molecule has 1 aliphatic carbocycles. The molecule has 3 nitrogen and oxygen atoms in total. The summed E-state index contributed by atoms with van der Waals surface area (Å²) < 4.78 is 5.77. The SMILES string of the molecule is CC[C@@]12CCCN3CC[C@]4(c5cccc(OC)c5N(C)[C@@H]4CC1)[C@H]32. The molecule has 3 heterocycles. The highest BCUT2D eigenvalue weighted by Gasteiger charge is 2.67. The minimum atomic E-state index is 0.327. The van der Waals surface area contributed by atoms with Crippen LogP contribution in [0.15, 0.2) is 18.2 Å². The monoisotopic (exact) mass is 326 g/mol. The van der Waals surface area contributed by atoms with Gasteiger partial charge in [0.2, 0.25) is 0 Å². The predicted molar refractivity (Wildman–Crippen MR) is 98.0 cm³/mol. The zero-order valence-electron chi connectivity index (χ0n) is 15.3. The molecule has 1 aromatic carbocycles. The second-order valence-electron chi connectivity index (χ2n) is 8.57. The average Bonchev–Trinajstić information content (AvgIpc) is 3.14. The van der Waals surface area contributed by atoms with Gasteiger partial charge in [-0.3, -0.25) is 4.90 Å². The molecule has 0 amide bonds. The third kappa shape index (κ3) is 1.53. The first-order valence-corrected chi connectivity index (χ1v) is 9.82. The summed E-state index contributed by atoms with van der Waals surface area (Å²) in [5, 5.41) is 0. The van der Waals surface area contributed by atoms with E-state index in [-0.39, 0.29) is 0 Å². The molecule has 5 rings (SSSR count). The van der Waals surface area contributed by atoms with Crippen LogP contribution in [0.2, 0.25) is 0 Å². The van der Waals surface area contributed by atoms with Gasteiger partial charge >= 0.3 is 0 Å². The molecule has 1 spiro atoms. The first kappa shape index (κ1) is 15.1. The van der Waals surface area contributed by atoms with Gasteiger partial charge in [0, 0.05) is 24.5 Å². The maximum absolute atomic E-state index is 5.77. The van der Waals surface area contributed by atoms with E-state index < -0.39 is 0 Å². The smallest absolute Gasteiger partial charge is 0.142 e. The number of ether oxygens (including phenoxy) is 1. The standard InChI is InChI=1S/C21H30N2O/c1-4-20-10-6-13-23-14-12-21(19(20)23)15-7-5-8-16(24-3)18(15)22(2)17(21)9-11-20/h5,7-8,17,19H,4,6,9-14H2,1-3H3/t17-,19-,20-,21-/m1/s1. The van der Waals surface area contributed by atoms with E-state index in [0.717, 1.165) is 11.8 Å². The van der Waals surface area contributed by atoms with Gasteiger partial charge in [-0.2, -0.15) is 0 Å². The fourth-order valence-corrected chi connectivity index (χ4v) is 7.29. The number of hydrogen-bond donors (Lipinski definition) is 0. The van der Waals surface area contributed by atoms with Gasteiger partial charge in [0.1, 0.15) is 5.75 Å². The third-order valence-corrected chi connectivity index (χ3v) is 8.12. The van der Waals surface area contributed by atoms with E-state index in [1.54, 1.807) is 5.56 Å². The van der Waals surface area contributed by atoms with Crippen LogP contribution in [0.1, 0.15) is 51.0 Å². The molecule has 0 aromatic heterocycles. The first-order valence-electron chi connectivity index (χ1n) is 9.82. The Morgan fingerprint density at radius 2 is 2.08 bits per heavy atom. The van der Waals surface area contributed by atoms with Crippen molar-refractivity contribution in [2.24, 2.45) is 5.41 Å². The topological polar surface area (TPSA) is 15.7 Å². The summed E-state index contributed by atoms with van der Waals surface area (Å²) in [6, 6.07) is 8.16. The number of methoxy groups -OCH3 is 1. The van der Waals surface area contributed by atoms with E-state index in [2.05, 4.69) is 42.0 Å². The molecule has 4 atom stereocenters. The summed E-state index contributed by atoms with van der Waals surface area (Å²) in [4.78, 5) is 5.44. The van der Waals surface area contributed by atoms with Crippen molar-refractivity contribution < 1.29 is 4.74 Å². The van der Waals surface area contributed by atoms with Gasteiger partial charge in [0.15, 0.2) is 0 Å². The van der Waals surface area contributed by atoms with Crippen LogP contribution in [0.4, 0.5) is 5.69 Å². The lowest BCUT2D eigenvalue weighted by atomic mass is 9.52. The number of benzene rings is 1. The maximum Gasteiger partial charge on any atom is 0.142 e. The number of hydrogen-bond acceptors (Lipinski definition) is 3. The van der Waals surface area contributed by atoms with Crippen molar-refractivity contribution in [2.45, 2.75) is 62.9 Å². The second kappa shape index (κ2) is 4.91. The summed E-state index contributed by atoms with van der Waals surface area (Å²) in [6.07, 6.45) is 8.23. The van der Waals surface area contributed by atoms with E-state index in [0.29, 0.717) is 16.9 Å². The Morgan fingerprint density at radius 3 is 2.88 bits per heavy atom. The van der Waals surface area contributed by atoms with Gasteiger partial charge in [0.25, 0.3) is 0 Å². The first-order chi connectivity index (χ1) is 11.7. The van der Waals surface area contributed by atoms with Crippen LogP contribution in [-0.2, 0) is 5.41 Å². The van der Waals surface area contributed by atoms with Crippen molar-refractivity contribution in [1.82, 2.24) is 4.90 Å². The number of nitrogens with zero attached hydrogens (tertiary/aromatic N) is 2. The van der Waals surface area contributed by atoms with Crippen molar-refractivity contribution in [3.05, 3.63) is 23.8 Å². The molecule has 130 valence electrons. The van der Waals surface area contributed by atoms with E-state index in [1.807, 2.05) is 7.11 Å². The number of rotatable bonds is 2. The number of piperidine rings is 1. The van der Waals surface area contributed by atoms with Crippen LogP contribution >= 0.6 is 0 Å². The van der Waals surface area contributed by atoms with Crippen LogP contribution in [0.3, 0.4) is 0 Å². The second-order valence-corrected chi connectivity index (χ2v) is 8.57. The van der Waals surface area contributed by atoms with Crippen LogP contribution < -0.4 is 9.64 Å². The van der Waals surface area contributed by atoms with E-state index in [4.69, 9.17) is 4.74 Å². The molecule has 1 aromatic rings. The van der Waals surface area contributed by atoms with Crippen molar-refractivity contribution in [3.63, 3.8) is 0 Å². The quantitative estimate of drug-likeness (QED) is 0.822. The highest BCUT2D eigenvalue weighted by molar-refractivity contribution is 5.73. The van der Waals surface area contributed by atoms with Gasteiger partial charge in [-0.25, -0.2) is 0 Å². The summed E-state index contributed by atoms with van der Waals surface area (Å²) in [5.41, 5.74) is 3.83. The van der Waals surface area contributed by atoms with Crippen molar-refractivity contribution in [3.8, 4) is 5.75 Å². The zero-order chi connectivity index (χ0) is 16.5. The minimum absolute atomic E-state index is 0.327. The molecule has 2 saturated heterocycles. The van der Waals surface area contributed by atoms with Crippen molar-refractivity contribution in [1.29, 1.82) is 0 Å². The van der Waals surface area contributed by atoms with Gasteiger partial charge in [-0.1, -0.05) is 19.1 Å². The molecule has 0 bridgehead atoms. The van der Waals surface area contributed by atoms with Crippen LogP contribution in [0.25, 0.3) is 0 Å². The minimum Gasteiger partial charge on any atom is -0.495 e. The molecular formula is C21H30N2O. The van der Waals surface area contributed by atoms with Crippen molar-refractivity contribution >= 4 is 5.69 Å². The molecule has 3 fully saturated rings. The average molecular weight is 326 g/mol. The largest absolute Gasteiger partial charge is 0.495 e. The lowest BCUT2D eigenvalue weighted by Gasteiger charge is -2.58. The Labute approximate surface area is 146 Å². The molecule has 3 heteroatoms. The van der Waals surface area contributed by atoms with Gasteiger partial charge in [-0.05, 0) is 68.7 Å². The summed E-state index contributed by atoms with van der Waals surface area (Å²) in [5.74, 6) is 1.06. The lowest BCUT2D eigenvalue weighted by Crippen LogP contribution is -2.64. The van der Waals surface area contributed by atoms with Gasteiger partial charge < -0.3 is 9.64 Å². The Morgan fingerprint density at radius 1 is 1.21 bits per heavy atom. The molecule has 1 saturated carbocycles. The molecular weight excluding hydrogens is 296 g/mol. The van der Waals surface area contributed by atoms with Crippen LogP contribution in [0.5, 0.6) is 5.75 Å². The number of anilines is 1. The van der Waals surface area contributed by atoms with Gasteiger partial charge in [-0.15, -0.1) is 0 Å². The zero-order valence-corrected chi connectivity index (χ0v) is 15.3. The summed E-state index contributed by atoms with van der Waals surface area (Å²) >= 11 is 0. The predicted octanol–water partition coefficient (Wildman–Crippen LogP) is 3.81. The Hall–Kier alpha value is -1.22. The lowest BCUT2D eigenvalue weighted by molar-refractivity contribution is -0.0336. The molecule has 24 heavy (non-hydrogen) atoms. The molecule has 4 aliphatic rings. The maximum atomic E-state index is 5.77. The van der Waals surface area contributed by atoms with E-state index >= 15 is 0 Å². The molecule has 3 aliphatic heterocycles.